The van der Waals surface area contributed by atoms with E-state index in [0.717, 1.165) is 5.56 Å². The molecule has 0 aromatic heterocycles. The van der Waals surface area contributed by atoms with Crippen LogP contribution >= 0.6 is 11.6 Å². The van der Waals surface area contributed by atoms with Crippen molar-refractivity contribution in [3.63, 3.8) is 0 Å². The second-order valence-electron chi connectivity index (χ2n) is 5.15. The molecule has 126 valence electrons. The van der Waals surface area contributed by atoms with Crippen LogP contribution in [0.2, 0.25) is 5.02 Å². The van der Waals surface area contributed by atoms with Gasteiger partial charge in [0, 0.05) is 24.2 Å². The summed E-state index contributed by atoms with van der Waals surface area (Å²) in [5.74, 6) is 0.818. The Hall–Kier alpha value is -2.53. The number of hydrogen-bond acceptors (Lipinski definition) is 4. The number of halogens is 1. The fourth-order valence-electron chi connectivity index (χ4n) is 2.17. The number of likely N-dealkylation sites (N-methyl/N-ethyl adjacent to an activating group) is 1. The van der Waals surface area contributed by atoms with Gasteiger partial charge in [-0.05, 0) is 30.3 Å². The molecule has 2 aromatic rings. The van der Waals surface area contributed by atoms with Crippen LogP contribution in [0, 0.1) is 0 Å². The standard InChI is InChI=1S/C18H18ClNO4/c1-20(10-14-9-15(19)7-8-16(14)23-2)18(22)12-24-17-6-4-3-5-13(17)11-21/h3-9,11H,10,12H2,1-2H3. The Morgan fingerprint density at radius 1 is 1.21 bits per heavy atom. The van der Waals surface area contributed by atoms with Crippen molar-refractivity contribution in [1.82, 2.24) is 4.90 Å². The average Bonchev–Trinajstić information content (AvgIpc) is 2.60. The zero-order valence-electron chi connectivity index (χ0n) is 13.5. The topological polar surface area (TPSA) is 55.8 Å². The lowest BCUT2D eigenvalue weighted by molar-refractivity contribution is -0.132. The van der Waals surface area contributed by atoms with Crippen LogP contribution in [-0.4, -0.2) is 37.9 Å². The quantitative estimate of drug-likeness (QED) is 0.722. The van der Waals surface area contributed by atoms with Crippen molar-refractivity contribution >= 4 is 23.8 Å². The van der Waals surface area contributed by atoms with E-state index in [-0.39, 0.29) is 12.5 Å². The number of amides is 1. The maximum atomic E-state index is 12.2. The Balaban J connectivity index is 2.00. The van der Waals surface area contributed by atoms with Gasteiger partial charge in [0.25, 0.3) is 5.91 Å². The van der Waals surface area contributed by atoms with Gasteiger partial charge < -0.3 is 14.4 Å². The van der Waals surface area contributed by atoms with Crippen LogP contribution in [-0.2, 0) is 11.3 Å². The molecular formula is C18H18ClNO4. The Kier molecular flexibility index (Phi) is 6.21. The highest BCUT2D eigenvalue weighted by molar-refractivity contribution is 6.30. The van der Waals surface area contributed by atoms with Gasteiger partial charge in [0.15, 0.2) is 12.9 Å². The van der Waals surface area contributed by atoms with Gasteiger partial charge in [0.1, 0.15) is 11.5 Å². The summed E-state index contributed by atoms with van der Waals surface area (Å²) in [7, 11) is 3.23. The van der Waals surface area contributed by atoms with Crippen molar-refractivity contribution in [1.29, 1.82) is 0 Å². The molecule has 0 aliphatic heterocycles. The molecule has 1 amide bonds. The molecule has 2 aromatic carbocycles. The van der Waals surface area contributed by atoms with E-state index in [4.69, 9.17) is 21.1 Å². The van der Waals surface area contributed by atoms with E-state index < -0.39 is 0 Å². The number of carbonyl (C=O) groups excluding carboxylic acids is 2. The van der Waals surface area contributed by atoms with Gasteiger partial charge in [0.05, 0.1) is 12.7 Å². The molecule has 0 N–H and O–H groups in total. The van der Waals surface area contributed by atoms with Gasteiger partial charge in [-0.3, -0.25) is 9.59 Å². The third kappa shape index (κ3) is 4.49. The number of rotatable bonds is 7. The summed E-state index contributed by atoms with van der Waals surface area (Å²) in [5, 5.41) is 0.572. The van der Waals surface area contributed by atoms with Gasteiger partial charge in [0.2, 0.25) is 0 Å². The van der Waals surface area contributed by atoms with Crippen LogP contribution in [0.3, 0.4) is 0 Å². The van der Waals surface area contributed by atoms with Crippen molar-refractivity contribution in [2.75, 3.05) is 20.8 Å². The van der Waals surface area contributed by atoms with Gasteiger partial charge in [-0.2, -0.15) is 0 Å². The summed E-state index contributed by atoms with van der Waals surface area (Å²) in [4.78, 5) is 24.7. The van der Waals surface area contributed by atoms with Crippen molar-refractivity contribution in [2.24, 2.45) is 0 Å². The summed E-state index contributed by atoms with van der Waals surface area (Å²) in [6.45, 7) is 0.172. The van der Waals surface area contributed by atoms with Crippen LogP contribution in [0.25, 0.3) is 0 Å². The predicted molar refractivity (Wildman–Crippen MR) is 91.8 cm³/mol. The number of nitrogens with zero attached hydrogens (tertiary/aromatic N) is 1. The molecular weight excluding hydrogens is 330 g/mol. The molecule has 0 radical (unpaired) electrons. The number of aldehydes is 1. The summed E-state index contributed by atoms with van der Waals surface area (Å²) in [5.41, 5.74) is 1.21. The monoisotopic (exact) mass is 347 g/mol. The van der Waals surface area contributed by atoms with Gasteiger partial charge in [-0.15, -0.1) is 0 Å². The zero-order valence-corrected chi connectivity index (χ0v) is 14.2. The van der Waals surface area contributed by atoms with Crippen LogP contribution < -0.4 is 9.47 Å². The number of para-hydroxylation sites is 1. The largest absolute Gasteiger partial charge is 0.496 e. The first kappa shape index (κ1) is 17.8. The Bertz CT molecular complexity index is 733. The number of hydrogen-bond donors (Lipinski definition) is 0. The molecule has 0 saturated heterocycles. The lowest BCUT2D eigenvalue weighted by Crippen LogP contribution is -2.31. The van der Waals surface area contributed by atoms with Gasteiger partial charge in [-0.25, -0.2) is 0 Å². The maximum absolute atomic E-state index is 12.2. The van der Waals surface area contributed by atoms with E-state index in [1.54, 1.807) is 56.6 Å². The molecule has 0 aliphatic rings. The highest BCUT2D eigenvalue weighted by atomic mass is 35.5. The summed E-state index contributed by atoms with van der Waals surface area (Å²) in [6, 6.07) is 12.0. The SMILES string of the molecule is COc1ccc(Cl)cc1CN(C)C(=O)COc1ccccc1C=O. The van der Waals surface area contributed by atoms with Crippen molar-refractivity contribution in [3.05, 3.63) is 58.6 Å². The van der Waals surface area contributed by atoms with E-state index >= 15 is 0 Å². The molecule has 0 unspecified atom stereocenters. The zero-order chi connectivity index (χ0) is 17.5. The number of methoxy groups -OCH3 is 1. The molecule has 0 spiro atoms. The molecule has 2 rings (SSSR count). The maximum Gasteiger partial charge on any atom is 0.260 e. The van der Waals surface area contributed by atoms with Crippen molar-refractivity contribution in [3.8, 4) is 11.5 Å². The first-order valence-corrected chi connectivity index (χ1v) is 7.66. The Labute approximate surface area is 145 Å². The van der Waals surface area contributed by atoms with E-state index in [0.29, 0.717) is 34.9 Å². The molecule has 0 bridgehead atoms. The fraction of sp³-hybridized carbons (Fsp3) is 0.222. The van der Waals surface area contributed by atoms with Crippen LogP contribution in [0.4, 0.5) is 0 Å². The number of benzene rings is 2. The molecule has 5 nitrogen and oxygen atoms in total. The molecule has 0 atom stereocenters. The summed E-state index contributed by atoms with van der Waals surface area (Å²) < 4.78 is 10.7. The van der Waals surface area contributed by atoms with Crippen LogP contribution in [0.15, 0.2) is 42.5 Å². The lowest BCUT2D eigenvalue weighted by atomic mass is 10.2. The Morgan fingerprint density at radius 2 is 1.96 bits per heavy atom. The normalized spacial score (nSPS) is 10.1. The molecule has 24 heavy (non-hydrogen) atoms. The minimum Gasteiger partial charge on any atom is -0.496 e. The molecule has 0 heterocycles. The summed E-state index contributed by atoms with van der Waals surface area (Å²) >= 11 is 5.99. The third-order valence-corrected chi connectivity index (χ3v) is 3.71. The minimum absolute atomic E-state index is 0.162. The van der Waals surface area contributed by atoms with Gasteiger partial charge in [-0.1, -0.05) is 23.7 Å². The summed E-state index contributed by atoms with van der Waals surface area (Å²) in [6.07, 6.45) is 0.695. The Morgan fingerprint density at radius 3 is 2.67 bits per heavy atom. The van der Waals surface area contributed by atoms with E-state index in [2.05, 4.69) is 0 Å². The molecule has 6 heteroatoms. The third-order valence-electron chi connectivity index (χ3n) is 3.47. The van der Waals surface area contributed by atoms with Crippen LogP contribution in [0.5, 0.6) is 11.5 Å². The highest BCUT2D eigenvalue weighted by Crippen LogP contribution is 2.24. The molecule has 0 saturated carbocycles. The second kappa shape index (κ2) is 8.36. The van der Waals surface area contributed by atoms with E-state index in [9.17, 15) is 9.59 Å². The van der Waals surface area contributed by atoms with Crippen molar-refractivity contribution in [2.45, 2.75) is 6.54 Å². The first-order valence-electron chi connectivity index (χ1n) is 7.28. The molecule has 0 fully saturated rings. The molecule has 0 aliphatic carbocycles. The first-order chi connectivity index (χ1) is 11.5. The average molecular weight is 348 g/mol. The fourth-order valence-corrected chi connectivity index (χ4v) is 2.37. The van der Waals surface area contributed by atoms with E-state index in [1.807, 2.05) is 0 Å². The van der Waals surface area contributed by atoms with E-state index in [1.165, 1.54) is 4.90 Å². The van der Waals surface area contributed by atoms with Crippen molar-refractivity contribution < 1.29 is 19.1 Å². The van der Waals surface area contributed by atoms with Gasteiger partial charge >= 0.3 is 0 Å². The minimum atomic E-state index is -0.224. The highest BCUT2D eigenvalue weighted by Gasteiger charge is 2.14. The second-order valence-corrected chi connectivity index (χ2v) is 5.59. The smallest absolute Gasteiger partial charge is 0.260 e. The number of carbonyl (C=O) groups is 2. The number of ether oxygens (including phenoxy) is 2. The van der Waals surface area contributed by atoms with Crippen LogP contribution in [0.1, 0.15) is 15.9 Å². The predicted octanol–water partition coefficient (Wildman–Crippen LogP) is 3.20. The lowest BCUT2D eigenvalue weighted by Gasteiger charge is -2.19.